The molecule has 0 aliphatic rings. The number of benzene rings is 2. The van der Waals surface area contributed by atoms with Crippen LogP contribution in [0.25, 0.3) is 11.8 Å². The molecular formula is C23H25N3O3. The van der Waals surface area contributed by atoms with Crippen molar-refractivity contribution in [2.45, 2.75) is 13.3 Å². The molecule has 1 N–H and O–H groups in total. The summed E-state index contributed by atoms with van der Waals surface area (Å²) in [7, 11) is 1.60. The third-order valence-electron chi connectivity index (χ3n) is 4.28. The van der Waals surface area contributed by atoms with E-state index in [-0.39, 0.29) is 5.91 Å². The molecule has 0 aliphatic carbocycles. The van der Waals surface area contributed by atoms with Gasteiger partial charge in [0.1, 0.15) is 0 Å². The van der Waals surface area contributed by atoms with Crippen LogP contribution in [-0.4, -0.2) is 35.9 Å². The van der Waals surface area contributed by atoms with Crippen LogP contribution in [0.2, 0.25) is 0 Å². The molecule has 150 valence electrons. The van der Waals surface area contributed by atoms with Gasteiger partial charge in [0.05, 0.1) is 25.6 Å². The predicted molar refractivity (Wildman–Crippen MR) is 113 cm³/mol. The zero-order valence-corrected chi connectivity index (χ0v) is 16.7. The first kappa shape index (κ1) is 20.2. The lowest BCUT2D eigenvalue weighted by Crippen LogP contribution is -2.23. The number of hydrogen-bond acceptors (Lipinski definition) is 4. The Morgan fingerprint density at radius 1 is 1.17 bits per heavy atom. The number of rotatable bonds is 9. The third-order valence-corrected chi connectivity index (χ3v) is 4.28. The molecule has 0 radical (unpaired) electrons. The second kappa shape index (κ2) is 10.1. The topological polar surface area (TPSA) is 65.4 Å². The standard InChI is InChI=1S/C23H25N3O3/c1-3-29-22-15-18(9-11-21(22)28-2)10-12-23(27)24-14-13-19-16-25-26(17-19)20-7-5-4-6-8-20/h4-12,15-17H,3,13-14H2,1-2H3,(H,24,27)/b12-10+. The average molecular weight is 391 g/mol. The SMILES string of the molecule is CCOc1cc(/C=C/C(=O)NCCc2cnn(-c3ccccc3)c2)ccc1OC. The normalized spacial score (nSPS) is 10.8. The molecule has 3 aromatic rings. The minimum Gasteiger partial charge on any atom is -0.493 e. The lowest BCUT2D eigenvalue weighted by molar-refractivity contribution is -0.116. The summed E-state index contributed by atoms with van der Waals surface area (Å²) >= 11 is 0. The summed E-state index contributed by atoms with van der Waals surface area (Å²) < 4.78 is 12.7. The number of methoxy groups -OCH3 is 1. The molecule has 6 heteroatoms. The number of carbonyl (C=O) groups is 1. The lowest BCUT2D eigenvalue weighted by Gasteiger charge is -2.09. The zero-order chi connectivity index (χ0) is 20.5. The van der Waals surface area contributed by atoms with Gasteiger partial charge in [-0.05, 0) is 54.8 Å². The van der Waals surface area contributed by atoms with Gasteiger partial charge in [-0.15, -0.1) is 0 Å². The first-order valence-corrected chi connectivity index (χ1v) is 9.55. The number of hydrogen-bond donors (Lipinski definition) is 1. The van der Waals surface area contributed by atoms with Crippen LogP contribution in [0.5, 0.6) is 11.5 Å². The Balaban J connectivity index is 1.50. The van der Waals surface area contributed by atoms with Gasteiger partial charge in [-0.3, -0.25) is 4.79 Å². The number of aromatic nitrogens is 2. The highest BCUT2D eigenvalue weighted by Gasteiger charge is 2.05. The Kier molecular flexibility index (Phi) is 7.05. The fourth-order valence-corrected chi connectivity index (χ4v) is 2.84. The Labute approximate surface area is 170 Å². The molecule has 0 bridgehead atoms. The lowest BCUT2D eigenvalue weighted by atomic mass is 10.2. The van der Waals surface area contributed by atoms with E-state index in [9.17, 15) is 4.79 Å². The molecule has 0 atom stereocenters. The van der Waals surface area contributed by atoms with Gasteiger partial charge >= 0.3 is 0 Å². The number of nitrogens with zero attached hydrogens (tertiary/aromatic N) is 2. The summed E-state index contributed by atoms with van der Waals surface area (Å²) in [5.74, 6) is 1.19. The smallest absolute Gasteiger partial charge is 0.244 e. The molecule has 1 heterocycles. The Morgan fingerprint density at radius 3 is 2.76 bits per heavy atom. The number of amides is 1. The van der Waals surface area contributed by atoms with Crippen LogP contribution in [0.1, 0.15) is 18.1 Å². The second-order valence-corrected chi connectivity index (χ2v) is 6.35. The Hall–Kier alpha value is -3.54. The van der Waals surface area contributed by atoms with Crippen LogP contribution in [0.3, 0.4) is 0 Å². The number of ether oxygens (including phenoxy) is 2. The maximum absolute atomic E-state index is 12.1. The summed E-state index contributed by atoms with van der Waals surface area (Å²) in [6, 6.07) is 15.5. The molecule has 0 unspecified atom stereocenters. The van der Waals surface area contributed by atoms with E-state index < -0.39 is 0 Å². The van der Waals surface area contributed by atoms with Gasteiger partial charge in [-0.25, -0.2) is 4.68 Å². The third kappa shape index (κ3) is 5.72. The van der Waals surface area contributed by atoms with Crippen LogP contribution in [-0.2, 0) is 11.2 Å². The molecule has 0 saturated heterocycles. The number of carbonyl (C=O) groups excluding carboxylic acids is 1. The van der Waals surface area contributed by atoms with Crippen LogP contribution in [0, 0.1) is 0 Å². The van der Waals surface area contributed by atoms with Gasteiger partial charge in [0.2, 0.25) is 5.91 Å². The molecule has 0 spiro atoms. The van der Waals surface area contributed by atoms with Crippen molar-refractivity contribution < 1.29 is 14.3 Å². The van der Waals surface area contributed by atoms with Crippen molar-refractivity contribution in [3.63, 3.8) is 0 Å². The summed E-state index contributed by atoms with van der Waals surface area (Å²) in [4.78, 5) is 12.1. The molecule has 0 saturated carbocycles. The fourth-order valence-electron chi connectivity index (χ4n) is 2.84. The maximum Gasteiger partial charge on any atom is 0.244 e. The van der Waals surface area contributed by atoms with Crippen molar-refractivity contribution in [2.75, 3.05) is 20.3 Å². The zero-order valence-electron chi connectivity index (χ0n) is 16.7. The molecule has 0 aliphatic heterocycles. The monoisotopic (exact) mass is 391 g/mol. The molecule has 6 nitrogen and oxygen atoms in total. The molecular weight excluding hydrogens is 366 g/mol. The van der Waals surface area contributed by atoms with E-state index in [1.807, 2.05) is 72.5 Å². The first-order chi connectivity index (χ1) is 14.2. The van der Waals surface area contributed by atoms with E-state index in [0.717, 1.165) is 16.8 Å². The summed E-state index contributed by atoms with van der Waals surface area (Å²) in [6.07, 6.45) is 7.78. The van der Waals surface area contributed by atoms with Crippen molar-refractivity contribution in [1.82, 2.24) is 15.1 Å². The van der Waals surface area contributed by atoms with Crippen LogP contribution >= 0.6 is 0 Å². The van der Waals surface area contributed by atoms with Crippen LogP contribution in [0.4, 0.5) is 0 Å². The summed E-state index contributed by atoms with van der Waals surface area (Å²) in [6.45, 7) is 3.00. The number of nitrogens with one attached hydrogen (secondary N) is 1. The van der Waals surface area contributed by atoms with E-state index in [4.69, 9.17) is 9.47 Å². The maximum atomic E-state index is 12.1. The molecule has 1 amide bonds. The van der Waals surface area contributed by atoms with E-state index in [1.54, 1.807) is 13.2 Å². The van der Waals surface area contributed by atoms with Gasteiger partial charge in [-0.2, -0.15) is 5.10 Å². The molecule has 29 heavy (non-hydrogen) atoms. The van der Waals surface area contributed by atoms with Gasteiger partial charge in [0, 0.05) is 18.8 Å². The summed E-state index contributed by atoms with van der Waals surface area (Å²) in [5.41, 5.74) is 2.94. The first-order valence-electron chi connectivity index (χ1n) is 9.55. The van der Waals surface area contributed by atoms with Crippen molar-refractivity contribution in [1.29, 1.82) is 0 Å². The van der Waals surface area contributed by atoms with Gasteiger partial charge in [0.25, 0.3) is 0 Å². The quantitative estimate of drug-likeness (QED) is 0.566. The molecule has 0 fully saturated rings. The van der Waals surface area contributed by atoms with Crippen LogP contribution in [0.15, 0.2) is 67.0 Å². The Bertz CT molecular complexity index is 965. The average Bonchev–Trinajstić information content (AvgIpc) is 3.22. The fraction of sp³-hybridized carbons (Fsp3) is 0.217. The van der Waals surface area contributed by atoms with Gasteiger partial charge in [-0.1, -0.05) is 24.3 Å². The van der Waals surface area contributed by atoms with Crippen molar-refractivity contribution in [3.8, 4) is 17.2 Å². The highest BCUT2D eigenvalue weighted by Crippen LogP contribution is 2.28. The van der Waals surface area contributed by atoms with Crippen molar-refractivity contribution >= 4 is 12.0 Å². The highest BCUT2D eigenvalue weighted by atomic mass is 16.5. The number of para-hydroxylation sites is 1. The molecule has 3 rings (SSSR count). The largest absolute Gasteiger partial charge is 0.493 e. The Morgan fingerprint density at radius 2 is 2.00 bits per heavy atom. The van der Waals surface area contributed by atoms with E-state index >= 15 is 0 Å². The minimum atomic E-state index is -0.144. The van der Waals surface area contributed by atoms with Gasteiger partial charge in [0.15, 0.2) is 11.5 Å². The van der Waals surface area contributed by atoms with E-state index in [2.05, 4.69) is 10.4 Å². The highest BCUT2D eigenvalue weighted by molar-refractivity contribution is 5.91. The molecule has 2 aromatic carbocycles. The molecule has 1 aromatic heterocycles. The van der Waals surface area contributed by atoms with E-state index in [1.165, 1.54) is 6.08 Å². The summed E-state index contributed by atoms with van der Waals surface area (Å²) in [5, 5.41) is 7.26. The van der Waals surface area contributed by atoms with Gasteiger partial charge < -0.3 is 14.8 Å². The predicted octanol–water partition coefficient (Wildman–Crippen LogP) is 3.65. The minimum absolute atomic E-state index is 0.144. The van der Waals surface area contributed by atoms with Crippen LogP contribution < -0.4 is 14.8 Å². The van der Waals surface area contributed by atoms with Crippen molar-refractivity contribution in [2.24, 2.45) is 0 Å². The van der Waals surface area contributed by atoms with Crippen molar-refractivity contribution in [3.05, 3.63) is 78.1 Å². The van der Waals surface area contributed by atoms with E-state index in [0.29, 0.717) is 31.1 Å². The second-order valence-electron chi connectivity index (χ2n) is 6.35.